The molecule has 4 nitrogen and oxygen atoms in total. The summed E-state index contributed by atoms with van der Waals surface area (Å²) in [5.41, 5.74) is 1.03. The van der Waals surface area contributed by atoms with Crippen LogP contribution < -0.4 is 0 Å². The highest BCUT2D eigenvalue weighted by molar-refractivity contribution is 5.76. The maximum atomic E-state index is 13.4. The predicted octanol–water partition coefficient (Wildman–Crippen LogP) is 7.28. The van der Waals surface area contributed by atoms with Crippen LogP contribution in [0.2, 0.25) is 0 Å². The SMILES string of the molecule is C[C@H]1CC(=O)O[C@H](CC[C@@H]2[C@@H]3C(=C[C@H](C)C[C@@H]3OC(=O)C(C)(C)CCC(C)(C)C)C=C[C@@H]2C)C1. The third-order valence-corrected chi connectivity index (χ3v) is 8.21. The first-order chi connectivity index (χ1) is 15.7. The van der Waals surface area contributed by atoms with Crippen LogP contribution in [0.1, 0.15) is 100 Å². The molecular formula is C30H48O4. The second kappa shape index (κ2) is 10.6. The largest absolute Gasteiger partial charge is 0.462 e. The maximum absolute atomic E-state index is 13.4. The Bertz CT molecular complexity index is 799. The minimum atomic E-state index is -0.490. The van der Waals surface area contributed by atoms with E-state index in [1.807, 2.05) is 13.8 Å². The molecule has 1 aliphatic heterocycles. The first kappa shape index (κ1) is 27.0. The third kappa shape index (κ3) is 6.98. The summed E-state index contributed by atoms with van der Waals surface area (Å²) in [4.78, 5) is 25.3. The number of allylic oxidation sites excluding steroid dienone is 3. The normalized spacial score (nSPS) is 34.2. The molecule has 0 amide bonds. The van der Waals surface area contributed by atoms with Crippen LogP contribution >= 0.6 is 0 Å². The van der Waals surface area contributed by atoms with E-state index in [4.69, 9.17) is 9.47 Å². The summed E-state index contributed by atoms with van der Waals surface area (Å²) in [6.45, 7) is 17.4. The topological polar surface area (TPSA) is 52.6 Å². The van der Waals surface area contributed by atoms with Gasteiger partial charge in [-0.1, -0.05) is 59.8 Å². The van der Waals surface area contributed by atoms with Crippen molar-refractivity contribution in [1.29, 1.82) is 0 Å². The van der Waals surface area contributed by atoms with Gasteiger partial charge in [0.2, 0.25) is 0 Å². The lowest BCUT2D eigenvalue weighted by Crippen LogP contribution is -2.43. The van der Waals surface area contributed by atoms with Crippen LogP contribution in [-0.2, 0) is 19.1 Å². The fraction of sp³-hybridized carbons (Fsp3) is 0.800. The Kier molecular flexibility index (Phi) is 8.41. The molecule has 1 heterocycles. The summed E-state index contributed by atoms with van der Waals surface area (Å²) in [7, 11) is 0. The van der Waals surface area contributed by atoms with Crippen molar-refractivity contribution in [3.8, 4) is 0 Å². The van der Waals surface area contributed by atoms with E-state index in [0.717, 1.165) is 38.5 Å². The standard InChI is InChI=1S/C30H48O4/c1-19-15-22-10-9-21(3)24(12-11-23-16-20(2)18-26(31)33-23)27(22)25(17-19)34-28(32)30(7,8)14-13-29(4,5)6/h9-10,15,19-21,23-25,27H,11-14,16-18H2,1-8H3/t19-,20+,21-,23+,24-,25-,27-/m0/s1. The van der Waals surface area contributed by atoms with Crippen LogP contribution in [-0.4, -0.2) is 24.1 Å². The molecule has 2 aliphatic carbocycles. The van der Waals surface area contributed by atoms with Crippen LogP contribution in [0.25, 0.3) is 0 Å². The van der Waals surface area contributed by atoms with Crippen LogP contribution in [0.4, 0.5) is 0 Å². The fourth-order valence-corrected chi connectivity index (χ4v) is 5.96. The summed E-state index contributed by atoms with van der Waals surface area (Å²) in [5, 5.41) is 0. The Labute approximate surface area is 207 Å². The molecule has 0 aromatic carbocycles. The number of carbonyl (C=O) groups excluding carboxylic acids is 2. The van der Waals surface area contributed by atoms with Gasteiger partial charge in [-0.2, -0.15) is 0 Å². The summed E-state index contributed by atoms with van der Waals surface area (Å²) in [5.74, 6) is 1.67. The van der Waals surface area contributed by atoms with Crippen molar-refractivity contribution >= 4 is 11.9 Å². The first-order valence-corrected chi connectivity index (χ1v) is 13.6. The molecule has 3 aliphatic rings. The van der Waals surface area contributed by atoms with Gasteiger partial charge in [0, 0.05) is 12.3 Å². The Hall–Kier alpha value is -1.58. The maximum Gasteiger partial charge on any atom is 0.311 e. The number of hydrogen-bond acceptors (Lipinski definition) is 4. The second-order valence-electron chi connectivity index (χ2n) is 13.4. The van der Waals surface area contributed by atoms with Crippen LogP contribution in [0.15, 0.2) is 23.8 Å². The van der Waals surface area contributed by atoms with E-state index in [0.29, 0.717) is 30.1 Å². The van der Waals surface area contributed by atoms with Gasteiger partial charge < -0.3 is 9.47 Å². The van der Waals surface area contributed by atoms with Gasteiger partial charge in [-0.25, -0.2) is 0 Å². The molecule has 0 unspecified atom stereocenters. The minimum Gasteiger partial charge on any atom is -0.462 e. The van der Waals surface area contributed by atoms with E-state index in [1.165, 1.54) is 5.57 Å². The highest BCUT2D eigenvalue weighted by Gasteiger charge is 2.43. The monoisotopic (exact) mass is 472 g/mol. The van der Waals surface area contributed by atoms with Crippen LogP contribution in [0, 0.1) is 40.4 Å². The summed E-state index contributed by atoms with van der Waals surface area (Å²) in [6.07, 6.45) is 12.9. The lowest BCUT2D eigenvalue weighted by Gasteiger charge is -2.44. The molecule has 192 valence electrons. The quantitative estimate of drug-likeness (QED) is 0.365. The zero-order valence-electron chi connectivity index (χ0n) is 22.9. The summed E-state index contributed by atoms with van der Waals surface area (Å²) in [6, 6.07) is 0. The molecule has 0 spiro atoms. The Morgan fingerprint density at radius 1 is 1.06 bits per heavy atom. The number of hydrogen-bond donors (Lipinski definition) is 0. The Morgan fingerprint density at radius 3 is 2.41 bits per heavy atom. The number of esters is 2. The molecule has 0 bridgehead atoms. The highest BCUT2D eigenvalue weighted by Crippen LogP contribution is 2.46. The van der Waals surface area contributed by atoms with E-state index in [2.05, 4.69) is 59.8 Å². The molecule has 1 fully saturated rings. The van der Waals surface area contributed by atoms with Gasteiger partial charge in [-0.15, -0.1) is 0 Å². The van der Waals surface area contributed by atoms with Crippen molar-refractivity contribution in [3.05, 3.63) is 23.8 Å². The van der Waals surface area contributed by atoms with Crippen molar-refractivity contribution in [2.75, 3.05) is 0 Å². The van der Waals surface area contributed by atoms with Crippen molar-refractivity contribution < 1.29 is 19.1 Å². The molecule has 3 rings (SSSR count). The van der Waals surface area contributed by atoms with E-state index in [9.17, 15) is 9.59 Å². The predicted molar refractivity (Wildman–Crippen MR) is 137 cm³/mol. The van der Waals surface area contributed by atoms with Crippen molar-refractivity contribution in [1.82, 2.24) is 0 Å². The van der Waals surface area contributed by atoms with E-state index < -0.39 is 5.41 Å². The molecule has 34 heavy (non-hydrogen) atoms. The molecule has 1 saturated heterocycles. The van der Waals surface area contributed by atoms with E-state index >= 15 is 0 Å². The first-order valence-electron chi connectivity index (χ1n) is 13.6. The van der Waals surface area contributed by atoms with Crippen molar-refractivity contribution in [3.63, 3.8) is 0 Å². The fourth-order valence-electron chi connectivity index (χ4n) is 5.96. The van der Waals surface area contributed by atoms with Gasteiger partial charge in [0.05, 0.1) is 5.41 Å². The molecule has 0 N–H and O–H groups in total. The molecule has 4 heteroatoms. The average Bonchev–Trinajstić information content (AvgIpc) is 2.70. The van der Waals surface area contributed by atoms with Gasteiger partial charge in [0.15, 0.2) is 0 Å². The zero-order valence-corrected chi connectivity index (χ0v) is 22.9. The van der Waals surface area contributed by atoms with Gasteiger partial charge in [-0.05, 0) is 87.0 Å². The molecule has 7 atom stereocenters. The molecule has 0 aromatic rings. The Balaban J connectivity index is 1.73. The summed E-state index contributed by atoms with van der Waals surface area (Å²) >= 11 is 0. The number of rotatable bonds is 7. The number of cyclic esters (lactones) is 1. The Morgan fingerprint density at radius 2 is 1.76 bits per heavy atom. The molecule has 0 saturated carbocycles. The van der Waals surface area contributed by atoms with Crippen LogP contribution in [0.3, 0.4) is 0 Å². The summed E-state index contributed by atoms with van der Waals surface area (Å²) < 4.78 is 12.0. The van der Waals surface area contributed by atoms with Crippen molar-refractivity contribution in [2.45, 2.75) is 113 Å². The van der Waals surface area contributed by atoms with Gasteiger partial charge in [0.1, 0.15) is 12.2 Å². The smallest absolute Gasteiger partial charge is 0.311 e. The van der Waals surface area contributed by atoms with Crippen molar-refractivity contribution in [2.24, 2.45) is 40.4 Å². The van der Waals surface area contributed by atoms with Gasteiger partial charge in [0.25, 0.3) is 0 Å². The molecule has 0 aromatic heterocycles. The third-order valence-electron chi connectivity index (χ3n) is 8.21. The number of carbonyl (C=O) groups is 2. The molecule has 0 radical (unpaired) electrons. The highest BCUT2D eigenvalue weighted by atomic mass is 16.5. The lowest BCUT2D eigenvalue weighted by atomic mass is 9.65. The molecular weight excluding hydrogens is 424 g/mol. The minimum absolute atomic E-state index is 0.0154. The average molecular weight is 473 g/mol. The van der Waals surface area contributed by atoms with E-state index in [-0.39, 0.29) is 35.5 Å². The van der Waals surface area contributed by atoms with Gasteiger partial charge in [-0.3, -0.25) is 9.59 Å². The van der Waals surface area contributed by atoms with E-state index in [1.54, 1.807) is 0 Å². The van der Waals surface area contributed by atoms with Crippen LogP contribution in [0.5, 0.6) is 0 Å². The number of ether oxygens (including phenoxy) is 2. The number of fused-ring (bicyclic) bond motifs is 1. The van der Waals surface area contributed by atoms with Gasteiger partial charge >= 0.3 is 11.9 Å². The lowest BCUT2D eigenvalue weighted by molar-refractivity contribution is -0.166. The zero-order chi connectivity index (χ0) is 25.3. The second-order valence-corrected chi connectivity index (χ2v) is 13.4.